The van der Waals surface area contributed by atoms with Gasteiger partial charge in [-0.25, -0.2) is 0 Å². The van der Waals surface area contributed by atoms with E-state index in [-0.39, 0.29) is 0 Å². The van der Waals surface area contributed by atoms with Gasteiger partial charge in [0.1, 0.15) is 0 Å². The van der Waals surface area contributed by atoms with Crippen molar-refractivity contribution >= 4 is 0 Å². The summed E-state index contributed by atoms with van der Waals surface area (Å²) in [6.07, 6.45) is 17.8. The third-order valence-corrected chi connectivity index (χ3v) is 13.6. The first-order chi connectivity index (χ1) is 16.1. The first-order valence-corrected chi connectivity index (χ1v) is 17.7. The van der Waals surface area contributed by atoms with E-state index in [0.29, 0.717) is 0 Å². The van der Waals surface area contributed by atoms with Crippen LogP contribution in [-0.4, -0.2) is 56.0 Å². The topological polar surface area (TPSA) is 19.0 Å². The van der Waals surface area contributed by atoms with Crippen LogP contribution in [0.3, 0.4) is 0 Å². The third kappa shape index (κ3) is 12.9. The Kier molecular flexibility index (Phi) is 23.4. The normalized spacial score (nSPS) is 12.5. The summed E-state index contributed by atoms with van der Waals surface area (Å²) >= 11 is -3.16. The Labute approximate surface area is 214 Å². The second-order valence-corrected chi connectivity index (χ2v) is 15.1. The van der Waals surface area contributed by atoms with Crippen molar-refractivity contribution in [2.75, 3.05) is 45.9 Å². The van der Waals surface area contributed by atoms with Gasteiger partial charge in [0, 0.05) is 0 Å². The molecule has 0 unspecified atom stereocenters. The van der Waals surface area contributed by atoms with E-state index in [2.05, 4.69) is 58.6 Å². The Bertz CT molecular complexity index is 336. The van der Waals surface area contributed by atoms with Gasteiger partial charge in [-0.05, 0) is 0 Å². The molecule has 0 radical (unpaired) electrons. The number of hydrogen-bond acceptors (Lipinski definition) is 4. The molecule has 0 amide bonds. The molecule has 0 fully saturated rings. The number of unbranched alkanes of at least 4 members (excludes halogenated alkanes) is 7. The number of hydrogen-bond donors (Lipinski definition) is 0. The zero-order valence-corrected chi connectivity index (χ0v) is 25.7. The van der Waals surface area contributed by atoms with E-state index in [1.165, 1.54) is 129 Å². The van der Waals surface area contributed by atoms with E-state index in [9.17, 15) is 0 Å². The van der Waals surface area contributed by atoms with Crippen molar-refractivity contribution in [1.29, 1.82) is 0 Å². The van der Waals surface area contributed by atoms with Gasteiger partial charge in [0.05, 0.1) is 0 Å². The van der Waals surface area contributed by atoms with Crippen LogP contribution in [0.15, 0.2) is 0 Å². The molecule has 4 nitrogen and oxygen atoms in total. The summed E-state index contributed by atoms with van der Waals surface area (Å²) in [6.45, 7) is 24.6. The van der Waals surface area contributed by atoms with Gasteiger partial charge in [-0.15, -0.1) is 0 Å². The van der Waals surface area contributed by atoms with Gasteiger partial charge in [0.15, 0.2) is 0 Å². The summed E-state index contributed by atoms with van der Waals surface area (Å²) in [5.74, 6) is 0. The maximum absolute atomic E-state index is 7.40. The molecule has 0 rings (SSSR count). The van der Waals surface area contributed by atoms with Crippen LogP contribution in [0, 0.1) is 0 Å². The SMILES string of the molecule is CCCC[O][Ti]([N](CCCC)CCCC)([N](CCCC)CCCC)[N](CCCC)CCCC. The molecule has 33 heavy (non-hydrogen) atoms. The number of rotatable bonds is 25. The van der Waals surface area contributed by atoms with E-state index >= 15 is 0 Å². The average molecular weight is 506 g/mol. The van der Waals surface area contributed by atoms with Crippen LogP contribution in [0.5, 0.6) is 0 Å². The molecule has 0 heterocycles. The van der Waals surface area contributed by atoms with Crippen molar-refractivity contribution in [3.05, 3.63) is 0 Å². The Morgan fingerprint density at radius 2 is 0.636 bits per heavy atom. The van der Waals surface area contributed by atoms with Crippen LogP contribution >= 0.6 is 0 Å². The molecule has 0 N–H and O–H groups in total. The second-order valence-electron chi connectivity index (χ2n) is 9.86. The second kappa shape index (κ2) is 23.0. The van der Waals surface area contributed by atoms with Crippen molar-refractivity contribution in [1.82, 2.24) is 10.1 Å². The summed E-state index contributed by atoms with van der Waals surface area (Å²) in [5.41, 5.74) is 0. The summed E-state index contributed by atoms with van der Waals surface area (Å²) in [6, 6.07) is 0. The summed E-state index contributed by atoms with van der Waals surface area (Å²) < 4.78 is 16.3. The fourth-order valence-corrected chi connectivity index (χ4v) is 12.1. The van der Waals surface area contributed by atoms with Crippen LogP contribution < -0.4 is 0 Å². The van der Waals surface area contributed by atoms with Gasteiger partial charge in [0.25, 0.3) is 0 Å². The van der Waals surface area contributed by atoms with E-state index < -0.39 is 17.7 Å². The standard InChI is InChI=1S/3C8H18N.C4H9O.Ti/c3*1-3-5-7-9-8-6-4-2;1-2-3-4-5;/h3*3-8H2,1-2H3;2-4H2,1H3;/q4*-1;+4. The van der Waals surface area contributed by atoms with Gasteiger partial charge >= 0.3 is 215 Å². The Morgan fingerprint density at radius 1 is 0.394 bits per heavy atom. The van der Waals surface area contributed by atoms with Crippen LogP contribution in [0.1, 0.15) is 138 Å². The molecule has 0 aliphatic rings. The third-order valence-electron chi connectivity index (χ3n) is 6.72. The van der Waals surface area contributed by atoms with Crippen LogP contribution in [0.25, 0.3) is 0 Å². The molecule has 5 heteroatoms. The van der Waals surface area contributed by atoms with Crippen molar-refractivity contribution in [3.8, 4) is 0 Å². The molecular weight excluding hydrogens is 442 g/mol. The van der Waals surface area contributed by atoms with Crippen molar-refractivity contribution in [2.45, 2.75) is 138 Å². The molecule has 0 atom stereocenters. The summed E-state index contributed by atoms with van der Waals surface area (Å²) in [4.78, 5) is 0. The minimum absolute atomic E-state index is 0.939. The van der Waals surface area contributed by atoms with Gasteiger partial charge in [-0.1, -0.05) is 0 Å². The molecule has 0 saturated heterocycles. The Morgan fingerprint density at radius 3 is 0.848 bits per heavy atom. The van der Waals surface area contributed by atoms with Crippen molar-refractivity contribution < 1.29 is 21.1 Å². The average Bonchev–Trinajstić information content (AvgIpc) is 2.83. The molecule has 0 aromatic rings. The zero-order valence-electron chi connectivity index (χ0n) is 24.1. The fourth-order valence-electron chi connectivity index (χ4n) is 4.53. The quantitative estimate of drug-likeness (QED) is 0.0917. The molecule has 0 bridgehead atoms. The van der Waals surface area contributed by atoms with E-state index in [4.69, 9.17) is 3.32 Å². The fraction of sp³-hybridized carbons (Fsp3) is 1.00. The van der Waals surface area contributed by atoms with E-state index in [1.54, 1.807) is 0 Å². The predicted molar refractivity (Wildman–Crippen MR) is 145 cm³/mol. The Hall–Kier alpha value is 0.554. The van der Waals surface area contributed by atoms with Gasteiger partial charge in [0.2, 0.25) is 0 Å². The minimum atomic E-state index is -3.16. The van der Waals surface area contributed by atoms with Crippen LogP contribution in [0.4, 0.5) is 0 Å². The first-order valence-electron chi connectivity index (χ1n) is 15.0. The molecule has 200 valence electrons. The Balaban J connectivity index is 6.58. The zero-order chi connectivity index (χ0) is 24.8. The molecule has 0 spiro atoms. The van der Waals surface area contributed by atoms with Crippen LogP contribution in [0.2, 0.25) is 0 Å². The summed E-state index contributed by atoms with van der Waals surface area (Å²) in [5, 5.41) is 0. The molecule has 0 aromatic carbocycles. The van der Waals surface area contributed by atoms with E-state index in [0.717, 1.165) is 6.61 Å². The van der Waals surface area contributed by atoms with E-state index in [1.807, 2.05) is 0 Å². The summed E-state index contributed by atoms with van der Waals surface area (Å²) in [7, 11) is 0. The van der Waals surface area contributed by atoms with Crippen molar-refractivity contribution in [2.24, 2.45) is 0 Å². The number of nitrogens with zero attached hydrogens (tertiary/aromatic N) is 3. The molecule has 0 saturated carbocycles. The van der Waals surface area contributed by atoms with Gasteiger partial charge < -0.3 is 0 Å². The molecule has 0 aliphatic heterocycles. The van der Waals surface area contributed by atoms with Gasteiger partial charge in [-0.2, -0.15) is 0 Å². The molecular formula is C28H63N3OTi. The molecule has 0 aliphatic carbocycles. The van der Waals surface area contributed by atoms with Crippen molar-refractivity contribution in [3.63, 3.8) is 0 Å². The van der Waals surface area contributed by atoms with Crippen LogP contribution in [-0.2, 0) is 21.1 Å². The maximum atomic E-state index is 7.40. The predicted octanol–water partition coefficient (Wildman–Crippen LogP) is 8.32. The first kappa shape index (κ1) is 33.6. The van der Waals surface area contributed by atoms with Gasteiger partial charge in [-0.3, -0.25) is 0 Å². The molecule has 0 aromatic heterocycles. The monoisotopic (exact) mass is 505 g/mol.